The minimum atomic E-state index is -0.327. The topological polar surface area (TPSA) is 63.6 Å². The number of ether oxygens (including phenoxy) is 1. The lowest BCUT2D eigenvalue weighted by Crippen LogP contribution is -2.17. The number of nitrogens with one attached hydrogen (secondary N) is 1. The van der Waals surface area contributed by atoms with Gasteiger partial charge in [0.2, 0.25) is 0 Å². The summed E-state index contributed by atoms with van der Waals surface area (Å²) in [6.07, 6.45) is 1.49. The van der Waals surface area contributed by atoms with Gasteiger partial charge < -0.3 is 4.74 Å². The molecule has 0 saturated carbocycles. The Morgan fingerprint density at radius 3 is 2.53 bits per heavy atom. The molecule has 4 aromatic rings. The van der Waals surface area contributed by atoms with Crippen LogP contribution in [0, 0.1) is 6.92 Å². The minimum absolute atomic E-state index is 0.325. The molecule has 1 N–H and O–H groups in total. The van der Waals surface area contributed by atoms with Gasteiger partial charge in [-0.25, -0.2) is 10.4 Å². The third-order valence-electron chi connectivity index (χ3n) is 4.76. The Bertz CT molecular complexity index is 1290. The molecule has 0 fully saturated rings. The number of hydrazone groups is 1. The molecule has 7 heteroatoms. The number of rotatable bonds is 6. The van der Waals surface area contributed by atoms with Crippen LogP contribution < -0.4 is 10.2 Å². The van der Waals surface area contributed by atoms with Crippen LogP contribution in [0.1, 0.15) is 27.0 Å². The van der Waals surface area contributed by atoms with Crippen molar-refractivity contribution in [3.05, 3.63) is 105 Å². The lowest BCUT2D eigenvalue weighted by Gasteiger charge is -2.07. The van der Waals surface area contributed by atoms with Crippen molar-refractivity contribution in [1.82, 2.24) is 10.4 Å². The molecule has 0 atom stereocenters. The van der Waals surface area contributed by atoms with Crippen molar-refractivity contribution in [2.45, 2.75) is 13.5 Å². The number of pyridine rings is 1. The predicted molar refractivity (Wildman–Crippen MR) is 129 cm³/mol. The summed E-state index contributed by atoms with van der Waals surface area (Å²) in [6.45, 7) is 2.38. The van der Waals surface area contributed by atoms with Crippen LogP contribution in [-0.4, -0.2) is 17.1 Å². The summed E-state index contributed by atoms with van der Waals surface area (Å²) in [5, 5.41) is 5.95. The molecule has 0 bridgehead atoms. The van der Waals surface area contributed by atoms with Gasteiger partial charge in [-0.2, -0.15) is 5.10 Å². The first kappa shape index (κ1) is 21.8. The van der Waals surface area contributed by atoms with E-state index in [0.717, 1.165) is 27.8 Å². The number of carbonyl (C=O) groups is 1. The van der Waals surface area contributed by atoms with Gasteiger partial charge in [-0.15, -0.1) is 0 Å². The Hall–Kier alpha value is -3.41. The SMILES string of the molecule is Cc1ccc2cc(/C=N\NC(=O)c3ccc(COc4ccc(Cl)cc4)cc3)c(Cl)nc2c1. The fourth-order valence-corrected chi connectivity index (χ4v) is 3.36. The number of nitrogens with zero attached hydrogens (tertiary/aromatic N) is 2. The predicted octanol–water partition coefficient (Wildman–Crippen LogP) is 6.19. The van der Waals surface area contributed by atoms with E-state index in [1.54, 1.807) is 36.4 Å². The van der Waals surface area contributed by atoms with Crippen molar-refractivity contribution in [3.63, 3.8) is 0 Å². The van der Waals surface area contributed by atoms with Gasteiger partial charge >= 0.3 is 0 Å². The molecule has 0 aliphatic rings. The van der Waals surface area contributed by atoms with Crippen molar-refractivity contribution in [1.29, 1.82) is 0 Å². The zero-order valence-corrected chi connectivity index (χ0v) is 18.7. The first-order chi connectivity index (χ1) is 15.5. The number of benzene rings is 3. The third kappa shape index (κ3) is 5.44. The second-order valence-electron chi connectivity index (χ2n) is 7.20. The normalized spacial score (nSPS) is 11.1. The molecule has 32 heavy (non-hydrogen) atoms. The molecule has 1 aromatic heterocycles. The summed E-state index contributed by atoms with van der Waals surface area (Å²) >= 11 is 12.1. The number of aryl methyl sites for hydroxylation is 1. The summed E-state index contributed by atoms with van der Waals surface area (Å²) in [7, 11) is 0. The zero-order valence-electron chi connectivity index (χ0n) is 17.2. The Labute approximate surface area is 195 Å². The van der Waals surface area contributed by atoms with Crippen LogP contribution in [0.5, 0.6) is 5.75 Å². The molecule has 0 unspecified atom stereocenters. The van der Waals surface area contributed by atoms with Gasteiger partial charge in [-0.05, 0) is 66.6 Å². The average Bonchev–Trinajstić information content (AvgIpc) is 2.79. The zero-order chi connectivity index (χ0) is 22.5. The molecule has 0 radical (unpaired) electrons. The maximum atomic E-state index is 12.4. The standard InChI is InChI=1S/C25H19Cl2N3O2/c1-16-2-5-19-13-20(24(27)29-23(19)12-16)14-28-30-25(31)18-6-3-17(4-7-18)15-32-22-10-8-21(26)9-11-22/h2-14H,15H2,1H3,(H,30,31)/b28-14-. The fraction of sp³-hybridized carbons (Fsp3) is 0.0800. The van der Waals surface area contributed by atoms with Crippen molar-refractivity contribution in [3.8, 4) is 5.75 Å². The van der Waals surface area contributed by atoms with Gasteiger partial charge in [0.1, 0.15) is 17.5 Å². The van der Waals surface area contributed by atoms with Crippen molar-refractivity contribution in [2.24, 2.45) is 5.10 Å². The summed E-state index contributed by atoms with van der Waals surface area (Å²) in [5.74, 6) is 0.398. The number of aromatic nitrogens is 1. The van der Waals surface area contributed by atoms with E-state index in [-0.39, 0.29) is 5.91 Å². The quantitative estimate of drug-likeness (QED) is 0.210. The highest BCUT2D eigenvalue weighted by Crippen LogP contribution is 2.20. The van der Waals surface area contributed by atoms with Crippen molar-refractivity contribution < 1.29 is 9.53 Å². The van der Waals surface area contributed by atoms with E-state index >= 15 is 0 Å². The van der Waals surface area contributed by atoms with Gasteiger partial charge in [0, 0.05) is 21.5 Å². The van der Waals surface area contributed by atoms with E-state index in [2.05, 4.69) is 15.5 Å². The van der Waals surface area contributed by atoms with Gasteiger partial charge in [-0.1, -0.05) is 47.5 Å². The highest BCUT2D eigenvalue weighted by molar-refractivity contribution is 6.32. The monoisotopic (exact) mass is 463 g/mol. The molecule has 1 amide bonds. The van der Waals surface area contributed by atoms with Crippen LogP contribution >= 0.6 is 23.2 Å². The molecular formula is C25H19Cl2N3O2. The maximum absolute atomic E-state index is 12.4. The van der Waals surface area contributed by atoms with Crippen molar-refractivity contribution in [2.75, 3.05) is 0 Å². The van der Waals surface area contributed by atoms with Crippen LogP contribution in [0.25, 0.3) is 10.9 Å². The highest BCUT2D eigenvalue weighted by Gasteiger charge is 2.06. The largest absolute Gasteiger partial charge is 0.489 e. The van der Waals surface area contributed by atoms with Crippen LogP contribution in [-0.2, 0) is 6.61 Å². The van der Waals surface area contributed by atoms with Crippen LogP contribution in [0.3, 0.4) is 0 Å². The average molecular weight is 464 g/mol. The third-order valence-corrected chi connectivity index (χ3v) is 5.31. The van der Waals surface area contributed by atoms with Gasteiger partial charge in [0.25, 0.3) is 5.91 Å². The summed E-state index contributed by atoms with van der Waals surface area (Å²) in [5.41, 5.74) is 6.48. The second kappa shape index (κ2) is 9.81. The van der Waals surface area contributed by atoms with Crippen molar-refractivity contribution >= 4 is 46.2 Å². The van der Waals surface area contributed by atoms with Gasteiger partial charge in [-0.3, -0.25) is 4.79 Å². The van der Waals surface area contributed by atoms with Crippen LogP contribution in [0.4, 0.5) is 0 Å². The minimum Gasteiger partial charge on any atom is -0.489 e. The molecule has 0 aliphatic carbocycles. The number of carbonyl (C=O) groups excluding carboxylic acids is 1. The molecular weight excluding hydrogens is 445 g/mol. The Kier molecular flexibility index (Phi) is 6.69. The summed E-state index contributed by atoms with van der Waals surface area (Å²) in [4.78, 5) is 16.8. The molecule has 5 nitrogen and oxygen atoms in total. The van der Waals surface area contributed by atoms with E-state index in [4.69, 9.17) is 27.9 Å². The number of hydrogen-bond donors (Lipinski definition) is 1. The first-order valence-electron chi connectivity index (χ1n) is 9.85. The van der Waals surface area contributed by atoms with Gasteiger partial charge in [0.15, 0.2) is 0 Å². The second-order valence-corrected chi connectivity index (χ2v) is 8.00. The Morgan fingerprint density at radius 1 is 1.03 bits per heavy atom. The van der Waals surface area contributed by atoms with Crippen LogP contribution in [0.15, 0.2) is 77.9 Å². The number of amides is 1. The first-order valence-corrected chi connectivity index (χ1v) is 10.6. The lowest BCUT2D eigenvalue weighted by molar-refractivity contribution is 0.0955. The molecule has 4 rings (SSSR count). The van der Waals surface area contributed by atoms with E-state index in [1.807, 2.05) is 43.3 Å². The Balaban J connectivity index is 1.36. The van der Waals surface area contributed by atoms with Crippen LogP contribution in [0.2, 0.25) is 10.2 Å². The maximum Gasteiger partial charge on any atom is 0.271 e. The molecule has 160 valence electrons. The number of halogens is 2. The Morgan fingerprint density at radius 2 is 1.78 bits per heavy atom. The molecule has 0 spiro atoms. The molecule has 1 heterocycles. The van der Waals surface area contributed by atoms with Gasteiger partial charge in [0.05, 0.1) is 11.7 Å². The summed E-state index contributed by atoms with van der Waals surface area (Å²) in [6, 6.07) is 22.1. The number of hydrogen-bond acceptors (Lipinski definition) is 4. The van der Waals surface area contributed by atoms with E-state index in [1.165, 1.54) is 6.21 Å². The summed E-state index contributed by atoms with van der Waals surface area (Å²) < 4.78 is 5.71. The molecule has 3 aromatic carbocycles. The van der Waals surface area contributed by atoms with E-state index in [0.29, 0.717) is 27.9 Å². The van der Waals surface area contributed by atoms with E-state index in [9.17, 15) is 4.79 Å². The van der Waals surface area contributed by atoms with E-state index < -0.39 is 0 Å². The smallest absolute Gasteiger partial charge is 0.271 e. The number of fused-ring (bicyclic) bond motifs is 1. The molecule has 0 aliphatic heterocycles. The molecule has 0 saturated heterocycles. The highest BCUT2D eigenvalue weighted by atomic mass is 35.5. The lowest BCUT2D eigenvalue weighted by atomic mass is 10.1. The fourth-order valence-electron chi connectivity index (χ4n) is 3.04.